The summed E-state index contributed by atoms with van der Waals surface area (Å²) in [5.74, 6) is -1.28. The number of anilines is 2. The summed E-state index contributed by atoms with van der Waals surface area (Å²) >= 11 is 5.75. The Hall–Kier alpha value is -2.99. The molecule has 3 aromatic rings. The Bertz CT molecular complexity index is 950. The highest BCUT2D eigenvalue weighted by Crippen LogP contribution is 2.22. The molecule has 2 aromatic carbocycles. The number of nitrogens with zero attached hydrogens (tertiary/aromatic N) is 1. The van der Waals surface area contributed by atoms with Gasteiger partial charge in [0.25, 0.3) is 5.91 Å². The Balaban J connectivity index is 1.69. The molecule has 0 radical (unpaired) electrons. The highest BCUT2D eigenvalue weighted by Gasteiger charge is 2.09. The molecule has 0 atom stereocenters. The molecule has 26 heavy (non-hydrogen) atoms. The Morgan fingerprint density at radius 3 is 2.58 bits per heavy atom. The van der Waals surface area contributed by atoms with Crippen LogP contribution in [0.5, 0.6) is 0 Å². The van der Waals surface area contributed by atoms with Crippen LogP contribution in [0.2, 0.25) is 5.02 Å². The number of benzene rings is 2. The van der Waals surface area contributed by atoms with Crippen LogP contribution >= 0.6 is 11.6 Å². The number of halogens is 3. The molecular weight excluding hydrogens is 360 g/mol. The van der Waals surface area contributed by atoms with E-state index in [0.29, 0.717) is 22.5 Å². The maximum absolute atomic E-state index is 13.6. The zero-order valence-corrected chi connectivity index (χ0v) is 14.2. The summed E-state index contributed by atoms with van der Waals surface area (Å²) in [6.07, 6.45) is 2.92. The maximum Gasteiger partial charge on any atom is 0.253 e. The molecule has 0 unspecified atom stereocenters. The van der Waals surface area contributed by atoms with Gasteiger partial charge >= 0.3 is 0 Å². The van der Waals surface area contributed by atoms with Gasteiger partial charge in [0.1, 0.15) is 11.6 Å². The molecule has 0 aliphatic heterocycles. The van der Waals surface area contributed by atoms with Crippen molar-refractivity contribution in [2.24, 2.45) is 0 Å². The van der Waals surface area contributed by atoms with E-state index in [9.17, 15) is 13.6 Å². The highest BCUT2D eigenvalue weighted by molar-refractivity contribution is 6.31. The Kier molecular flexibility index (Phi) is 5.43. The van der Waals surface area contributed by atoms with Crippen LogP contribution in [0.25, 0.3) is 0 Å². The minimum Gasteiger partial charge on any atom is -0.354 e. The van der Waals surface area contributed by atoms with E-state index >= 15 is 0 Å². The van der Waals surface area contributed by atoms with Gasteiger partial charge in [-0.25, -0.2) is 8.78 Å². The quantitative estimate of drug-likeness (QED) is 0.682. The topological polar surface area (TPSA) is 54.0 Å². The van der Waals surface area contributed by atoms with Gasteiger partial charge in [-0.2, -0.15) is 0 Å². The first-order valence-electron chi connectivity index (χ1n) is 7.71. The number of hydrogen-bond acceptors (Lipinski definition) is 3. The summed E-state index contributed by atoms with van der Waals surface area (Å²) < 4.78 is 26.8. The zero-order valence-electron chi connectivity index (χ0n) is 13.5. The molecule has 1 heterocycles. The second-order valence-electron chi connectivity index (χ2n) is 5.49. The van der Waals surface area contributed by atoms with Gasteiger partial charge in [-0.15, -0.1) is 0 Å². The Morgan fingerprint density at radius 1 is 1.00 bits per heavy atom. The van der Waals surface area contributed by atoms with Gasteiger partial charge in [0.2, 0.25) is 0 Å². The lowest BCUT2D eigenvalue weighted by molar-refractivity contribution is 0.0950. The molecule has 1 amide bonds. The van der Waals surface area contributed by atoms with E-state index in [-0.39, 0.29) is 23.3 Å². The van der Waals surface area contributed by atoms with Crippen LogP contribution in [0, 0.1) is 11.6 Å². The van der Waals surface area contributed by atoms with Gasteiger partial charge in [0.05, 0.1) is 22.5 Å². The molecule has 2 N–H and O–H groups in total. The average molecular weight is 374 g/mol. The third-order valence-electron chi connectivity index (χ3n) is 3.61. The molecule has 0 saturated carbocycles. The number of nitrogens with one attached hydrogen (secondary N) is 2. The molecule has 0 fully saturated rings. The number of carbonyl (C=O) groups excluding carboxylic acids is 1. The van der Waals surface area contributed by atoms with Gasteiger partial charge in [0, 0.05) is 24.0 Å². The smallest absolute Gasteiger partial charge is 0.253 e. The monoisotopic (exact) mass is 373 g/mol. The lowest BCUT2D eigenvalue weighted by Crippen LogP contribution is -2.23. The van der Waals surface area contributed by atoms with Gasteiger partial charge in [0.15, 0.2) is 0 Å². The third kappa shape index (κ3) is 4.34. The van der Waals surface area contributed by atoms with Crippen molar-refractivity contribution in [1.82, 2.24) is 10.3 Å². The van der Waals surface area contributed by atoms with E-state index < -0.39 is 5.82 Å². The predicted molar refractivity (Wildman–Crippen MR) is 96.5 cm³/mol. The molecule has 0 bridgehead atoms. The van der Waals surface area contributed by atoms with Crippen LogP contribution in [0.15, 0.2) is 60.9 Å². The second kappa shape index (κ2) is 7.93. The first-order chi connectivity index (χ1) is 12.5. The van der Waals surface area contributed by atoms with Crippen molar-refractivity contribution in [2.45, 2.75) is 6.54 Å². The summed E-state index contributed by atoms with van der Waals surface area (Å²) in [6, 6.07) is 12.0. The molecule has 0 aliphatic rings. The zero-order chi connectivity index (χ0) is 18.5. The van der Waals surface area contributed by atoms with Crippen molar-refractivity contribution in [3.05, 3.63) is 88.7 Å². The van der Waals surface area contributed by atoms with Crippen molar-refractivity contribution in [2.75, 3.05) is 5.32 Å². The largest absolute Gasteiger partial charge is 0.354 e. The van der Waals surface area contributed by atoms with Gasteiger partial charge in [-0.1, -0.05) is 29.8 Å². The molecule has 3 rings (SSSR count). The highest BCUT2D eigenvalue weighted by atomic mass is 35.5. The molecule has 4 nitrogen and oxygen atoms in total. The Morgan fingerprint density at radius 2 is 1.81 bits per heavy atom. The van der Waals surface area contributed by atoms with Crippen LogP contribution in [0.1, 0.15) is 15.9 Å². The summed E-state index contributed by atoms with van der Waals surface area (Å²) in [6.45, 7) is 0.0662. The van der Waals surface area contributed by atoms with Gasteiger partial charge < -0.3 is 10.6 Å². The number of aromatic nitrogens is 1. The first kappa shape index (κ1) is 17.8. The summed E-state index contributed by atoms with van der Waals surface area (Å²) in [5, 5.41) is 5.63. The van der Waals surface area contributed by atoms with Crippen LogP contribution < -0.4 is 10.6 Å². The fourth-order valence-corrected chi connectivity index (χ4v) is 2.47. The lowest BCUT2D eigenvalue weighted by Gasteiger charge is -2.09. The molecule has 0 aliphatic carbocycles. The van der Waals surface area contributed by atoms with Crippen molar-refractivity contribution < 1.29 is 13.6 Å². The van der Waals surface area contributed by atoms with E-state index in [1.165, 1.54) is 36.7 Å². The van der Waals surface area contributed by atoms with E-state index in [4.69, 9.17) is 11.6 Å². The van der Waals surface area contributed by atoms with Crippen molar-refractivity contribution in [3.63, 3.8) is 0 Å². The molecular formula is C19H14ClF2N3O. The number of rotatable bonds is 5. The Labute approximate surface area is 153 Å². The number of amides is 1. The summed E-state index contributed by atoms with van der Waals surface area (Å²) in [7, 11) is 0. The minimum atomic E-state index is -0.517. The van der Waals surface area contributed by atoms with Crippen LogP contribution in [0.3, 0.4) is 0 Å². The number of pyridine rings is 1. The van der Waals surface area contributed by atoms with Crippen molar-refractivity contribution >= 4 is 28.9 Å². The van der Waals surface area contributed by atoms with Crippen LogP contribution in [0.4, 0.5) is 20.2 Å². The molecule has 0 saturated heterocycles. The van der Waals surface area contributed by atoms with Crippen molar-refractivity contribution in [1.29, 1.82) is 0 Å². The standard InChI is InChI=1S/C19H14ClF2N3O/c20-16-8-14(5-6-18(16)22)25-15-7-13(9-23-11-15)19(26)24-10-12-3-1-2-4-17(12)21/h1-9,11,25H,10H2,(H,24,26). The molecule has 132 valence electrons. The third-order valence-corrected chi connectivity index (χ3v) is 3.90. The molecule has 0 spiro atoms. The van der Waals surface area contributed by atoms with E-state index in [0.717, 1.165) is 0 Å². The van der Waals surface area contributed by atoms with E-state index in [1.54, 1.807) is 24.3 Å². The average Bonchev–Trinajstić information content (AvgIpc) is 2.64. The number of carbonyl (C=O) groups is 1. The second-order valence-corrected chi connectivity index (χ2v) is 5.90. The fourth-order valence-electron chi connectivity index (χ4n) is 2.29. The van der Waals surface area contributed by atoms with Crippen molar-refractivity contribution in [3.8, 4) is 0 Å². The van der Waals surface area contributed by atoms with E-state index in [1.807, 2.05) is 0 Å². The van der Waals surface area contributed by atoms with Crippen LogP contribution in [-0.2, 0) is 6.54 Å². The maximum atomic E-state index is 13.6. The lowest BCUT2D eigenvalue weighted by atomic mass is 10.2. The minimum absolute atomic E-state index is 0.0123. The predicted octanol–water partition coefficient (Wildman–Crippen LogP) is 4.69. The van der Waals surface area contributed by atoms with E-state index in [2.05, 4.69) is 15.6 Å². The van der Waals surface area contributed by atoms with Gasteiger partial charge in [-0.05, 0) is 30.3 Å². The normalized spacial score (nSPS) is 10.4. The SMILES string of the molecule is O=C(NCc1ccccc1F)c1cncc(Nc2ccc(F)c(Cl)c2)c1. The molecule has 1 aromatic heterocycles. The van der Waals surface area contributed by atoms with Crippen LogP contribution in [-0.4, -0.2) is 10.9 Å². The first-order valence-corrected chi connectivity index (χ1v) is 8.09. The molecule has 7 heteroatoms. The summed E-state index contributed by atoms with van der Waals surface area (Å²) in [4.78, 5) is 16.3. The summed E-state index contributed by atoms with van der Waals surface area (Å²) in [5.41, 5.74) is 1.79. The fraction of sp³-hybridized carbons (Fsp3) is 0.0526. The number of hydrogen-bond donors (Lipinski definition) is 2. The van der Waals surface area contributed by atoms with Gasteiger partial charge in [-0.3, -0.25) is 9.78 Å².